The van der Waals surface area contributed by atoms with E-state index >= 15 is 0 Å². The number of rotatable bonds is 4. The van der Waals surface area contributed by atoms with Crippen molar-refractivity contribution in [3.05, 3.63) is 0 Å². The van der Waals surface area contributed by atoms with Gasteiger partial charge in [0.2, 0.25) is 0 Å². The van der Waals surface area contributed by atoms with Crippen LogP contribution < -0.4 is 11.1 Å². The van der Waals surface area contributed by atoms with Gasteiger partial charge < -0.3 is 26.1 Å². The lowest BCUT2D eigenvalue weighted by Crippen LogP contribution is -2.47. The first-order valence-electron chi connectivity index (χ1n) is 4.59. The predicted molar refractivity (Wildman–Crippen MR) is 51.3 cm³/mol. The standard InChI is InChI=1S/C8H17N3O3/c1-6-8(12,2-3-14-6)5-10-4-7(9)11-13/h6,10,12-13H,2-5H2,1H3,(H2,9,11). The van der Waals surface area contributed by atoms with Crippen LogP contribution in [0, 0.1) is 0 Å². The molecule has 14 heavy (non-hydrogen) atoms. The van der Waals surface area contributed by atoms with Gasteiger partial charge in [-0.05, 0) is 6.92 Å². The first-order valence-corrected chi connectivity index (χ1v) is 4.59. The topological polar surface area (TPSA) is 100 Å². The molecule has 0 aromatic rings. The van der Waals surface area contributed by atoms with Crippen LogP contribution in [0.1, 0.15) is 13.3 Å². The van der Waals surface area contributed by atoms with Gasteiger partial charge in [0.15, 0.2) is 5.84 Å². The van der Waals surface area contributed by atoms with E-state index in [0.29, 0.717) is 19.6 Å². The number of nitrogens with one attached hydrogen (secondary N) is 1. The number of oxime groups is 1. The van der Waals surface area contributed by atoms with Crippen LogP contribution in [0.4, 0.5) is 0 Å². The van der Waals surface area contributed by atoms with Crippen molar-refractivity contribution < 1.29 is 15.1 Å². The Balaban J connectivity index is 2.30. The van der Waals surface area contributed by atoms with Gasteiger partial charge in [0.05, 0.1) is 12.6 Å². The molecule has 2 unspecified atom stereocenters. The maximum atomic E-state index is 10.0. The molecule has 0 bridgehead atoms. The van der Waals surface area contributed by atoms with Crippen molar-refractivity contribution in [1.29, 1.82) is 0 Å². The van der Waals surface area contributed by atoms with E-state index in [1.54, 1.807) is 0 Å². The molecular weight excluding hydrogens is 186 g/mol. The summed E-state index contributed by atoms with van der Waals surface area (Å²) in [5.41, 5.74) is 4.42. The van der Waals surface area contributed by atoms with Crippen LogP contribution in [0.3, 0.4) is 0 Å². The minimum absolute atomic E-state index is 0.0974. The molecule has 0 spiro atoms. The summed E-state index contributed by atoms with van der Waals surface area (Å²) in [7, 11) is 0. The van der Waals surface area contributed by atoms with E-state index < -0.39 is 5.60 Å². The number of nitrogens with zero attached hydrogens (tertiary/aromatic N) is 1. The molecule has 0 aromatic carbocycles. The minimum Gasteiger partial charge on any atom is -0.409 e. The molecule has 1 rings (SSSR count). The monoisotopic (exact) mass is 203 g/mol. The summed E-state index contributed by atoms with van der Waals surface area (Å²) in [6.07, 6.45) is 0.430. The Kier molecular flexibility index (Phi) is 3.68. The van der Waals surface area contributed by atoms with Crippen LogP contribution in [0.15, 0.2) is 5.16 Å². The summed E-state index contributed by atoms with van der Waals surface area (Å²) in [5.74, 6) is 0.0974. The average Bonchev–Trinajstić information content (AvgIpc) is 2.47. The number of aliphatic hydroxyl groups is 1. The minimum atomic E-state index is -0.838. The van der Waals surface area contributed by atoms with E-state index in [2.05, 4.69) is 10.5 Å². The van der Waals surface area contributed by atoms with Crippen molar-refractivity contribution in [2.75, 3.05) is 19.7 Å². The molecule has 2 atom stereocenters. The molecule has 6 nitrogen and oxygen atoms in total. The summed E-state index contributed by atoms with van der Waals surface area (Å²) in [4.78, 5) is 0. The summed E-state index contributed by atoms with van der Waals surface area (Å²) < 4.78 is 5.25. The molecule has 82 valence electrons. The SMILES string of the molecule is CC1OCCC1(O)CNCC(N)=NO. The molecule has 0 radical (unpaired) electrons. The highest BCUT2D eigenvalue weighted by Crippen LogP contribution is 2.24. The fraction of sp³-hybridized carbons (Fsp3) is 0.875. The number of hydrogen-bond donors (Lipinski definition) is 4. The zero-order valence-corrected chi connectivity index (χ0v) is 8.23. The highest BCUT2D eigenvalue weighted by molar-refractivity contribution is 5.81. The van der Waals surface area contributed by atoms with Gasteiger partial charge in [-0.25, -0.2) is 0 Å². The van der Waals surface area contributed by atoms with Gasteiger partial charge in [-0.2, -0.15) is 0 Å². The largest absolute Gasteiger partial charge is 0.409 e. The van der Waals surface area contributed by atoms with E-state index in [9.17, 15) is 5.11 Å². The summed E-state index contributed by atoms with van der Waals surface area (Å²) in [5, 5.41) is 24.0. The van der Waals surface area contributed by atoms with Crippen molar-refractivity contribution in [1.82, 2.24) is 5.32 Å². The van der Waals surface area contributed by atoms with Crippen molar-refractivity contribution in [2.24, 2.45) is 10.9 Å². The Morgan fingerprint density at radius 3 is 3.00 bits per heavy atom. The Hall–Kier alpha value is -0.850. The molecule has 1 heterocycles. The van der Waals surface area contributed by atoms with Crippen molar-refractivity contribution in [3.8, 4) is 0 Å². The molecule has 1 fully saturated rings. The Labute approximate surface area is 82.7 Å². The number of hydrogen-bond acceptors (Lipinski definition) is 5. The molecular formula is C8H17N3O3. The quantitative estimate of drug-likeness (QED) is 0.200. The highest BCUT2D eigenvalue weighted by atomic mass is 16.5. The molecule has 0 amide bonds. The van der Waals surface area contributed by atoms with E-state index in [4.69, 9.17) is 15.7 Å². The summed E-state index contributed by atoms with van der Waals surface area (Å²) in [6, 6.07) is 0. The van der Waals surface area contributed by atoms with E-state index in [1.165, 1.54) is 0 Å². The number of nitrogens with two attached hydrogens (primary N) is 1. The first-order chi connectivity index (χ1) is 6.58. The van der Waals surface area contributed by atoms with E-state index in [1.807, 2.05) is 6.92 Å². The van der Waals surface area contributed by atoms with Crippen molar-refractivity contribution >= 4 is 5.84 Å². The van der Waals surface area contributed by atoms with Crippen molar-refractivity contribution in [2.45, 2.75) is 25.0 Å². The highest BCUT2D eigenvalue weighted by Gasteiger charge is 2.38. The Morgan fingerprint density at radius 2 is 2.50 bits per heavy atom. The molecule has 0 aromatic heterocycles. The lowest BCUT2D eigenvalue weighted by atomic mass is 9.97. The fourth-order valence-electron chi connectivity index (χ4n) is 1.45. The second-order valence-corrected chi connectivity index (χ2v) is 3.56. The predicted octanol–water partition coefficient (Wildman–Crippen LogP) is -1.14. The van der Waals surface area contributed by atoms with Gasteiger partial charge in [-0.1, -0.05) is 5.16 Å². The van der Waals surface area contributed by atoms with Gasteiger partial charge in [-0.3, -0.25) is 0 Å². The van der Waals surface area contributed by atoms with Gasteiger partial charge in [0.1, 0.15) is 5.60 Å². The third-order valence-electron chi connectivity index (χ3n) is 2.53. The van der Waals surface area contributed by atoms with Crippen LogP contribution in [0.2, 0.25) is 0 Å². The lowest BCUT2D eigenvalue weighted by molar-refractivity contribution is -0.0254. The third-order valence-corrected chi connectivity index (χ3v) is 2.53. The summed E-state index contributed by atoms with van der Waals surface area (Å²) >= 11 is 0. The van der Waals surface area contributed by atoms with E-state index in [0.717, 1.165) is 0 Å². The third kappa shape index (κ3) is 2.57. The molecule has 1 aliphatic rings. The first kappa shape index (κ1) is 11.2. The van der Waals surface area contributed by atoms with Crippen LogP contribution >= 0.6 is 0 Å². The molecule has 0 saturated carbocycles. The fourth-order valence-corrected chi connectivity index (χ4v) is 1.45. The molecule has 1 aliphatic heterocycles. The molecule has 1 saturated heterocycles. The number of ether oxygens (including phenoxy) is 1. The maximum Gasteiger partial charge on any atom is 0.153 e. The van der Waals surface area contributed by atoms with Crippen LogP contribution in [-0.4, -0.2) is 47.6 Å². The van der Waals surface area contributed by atoms with Crippen molar-refractivity contribution in [3.63, 3.8) is 0 Å². The van der Waals surface area contributed by atoms with Gasteiger partial charge >= 0.3 is 0 Å². The summed E-state index contributed by atoms with van der Waals surface area (Å²) in [6.45, 7) is 3.04. The lowest BCUT2D eigenvalue weighted by Gasteiger charge is -2.26. The zero-order valence-electron chi connectivity index (χ0n) is 8.23. The molecule has 0 aliphatic carbocycles. The van der Waals surface area contributed by atoms with Crippen LogP contribution in [0.5, 0.6) is 0 Å². The smallest absolute Gasteiger partial charge is 0.153 e. The maximum absolute atomic E-state index is 10.0. The van der Waals surface area contributed by atoms with Crippen LogP contribution in [-0.2, 0) is 4.74 Å². The molecule has 6 heteroatoms. The number of amidine groups is 1. The van der Waals surface area contributed by atoms with Gasteiger partial charge in [-0.15, -0.1) is 0 Å². The van der Waals surface area contributed by atoms with Gasteiger partial charge in [0, 0.05) is 19.6 Å². The molecule has 5 N–H and O–H groups in total. The second-order valence-electron chi connectivity index (χ2n) is 3.56. The second kappa shape index (κ2) is 4.59. The zero-order chi connectivity index (χ0) is 10.6. The van der Waals surface area contributed by atoms with E-state index in [-0.39, 0.29) is 18.5 Å². The average molecular weight is 203 g/mol. The Morgan fingerprint density at radius 1 is 1.79 bits per heavy atom. The van der Waals surface area contributed by atoms with Crippen LogP contribution in [0.25, 0.3) is 0 Å². The Bertz CT molecular complexity index is 222. The normalized spacial score (nSPS) is 33.6. The van der Waals surface area contributed by atoms with Gasteiger partial charge in [0.25, 0.3) is 0 Å².